The number of hydrogen-bond donors (Lipinski definition) is 1. The van der Waals surface area contributed by atoms with Crippen LogP contribution in [-0.4, -0.2) is 25.1 Å². The fourth-order valence-electron chi connectivity index (χ4n) is 2.91. The van der Waals surface area contributed by atoms with Gasteiger partial charge in [0.15, 0.2) is 0 Å². The Morgan fingerprint density at radius 1 is 1.17 bits per heavy atom. The number of carbonyl (C=O) groups is 1. The van der Waals surface area contributed by atoms with Crippen molar-refractivity contribution in [3.63, 3.8) is 0 Å². The maximum absolute atomic E-state index is 12.7. The van der Waals surface area contributed by atoms with Gasteiger partial charge in [-0.2, -0.15) is 0 Å². The van der Waals surface area contributed by atoms with Gasteiger partial charge >= 0.3 is 5.69 Å². The second-order valence-electron chi connectivity index (χ2n) is 6.72. The summed E-state index contributed by atoms with van der Waals surface area (Å²) < 4.78 is 9.23. The van der Waals surface area contributed by atoms with Gasteiger partial charge in [0.2, 0.25) is 11.6 Å². The fraction of sp³-hybridized carbons (Fsp3) is 0.143. The Balaban J connectivity index is 1.61. The normalized spacial score (nSPS) is 10.9. The van der Waals surface area contributed by atoms with E-state index in [1.165, 1.54) is 16.8 Å². The number of rotatable bonds is 5. The Morgan fingerprint density at radius 3 is 2.70 bits per heavy atom. The zero-order chi connectivity index (χ0) is 21.3. The van der Waals surface area contributed by atoms with Crippen molar-refractivity contribution >= 4 is 33.2 Å². The largest absolute Gasteiger partial charge is 0.436 e. The number of benzene rings is 2. The number of fused-ring (bicyclic) bond motifs is 1. The lowest BCUT2D eigenvalue weighted by Gasteiger charge is -2.09. The van der Waals surface area contributed by atoms with E-state index in [-0.39, 0.29) is 24.0 Å². The number of carbonyl (C=O) groups excluding carboxylic acids is 1. The summed E-state index contributed by atoms with van der Waals surface area (Å²) in [5.74, 6) is 0.453. The summed E-state index contributed by atoms with van der Waals surface area (Å²) in [5.41, 5.74) is 2.45. The SMILES string of the molecule is Cc1cccc(Oc2nccn3c(=O)n(CC(=O)Nc4ccc(Br)cc4)nc23)c1C. The molecule has 2 aromatic carbocycles. The summed E-state index contributed by atoms with van der Waals surface area (Å²) in [6.45, 7) is 3.70. The Bertz CT molecular complexity index is 1290. The van der Waals surface area contributed by atoms with E-state index in [0.717, 1.165) is 20.3 Å². The van der Waals surface area contributed by atoms with Crippen molar-refractivity contribution in [3.8, 4) is 11.6 Å². The molecule has 0 aliphatic carbocycles. The van der Waals surface area contributed by atoms with Crippen molar-refractivity contribution in [2.24, 2.45) is 0 Å². The number of nitrogens with zero attached hydrogens (tertiary/aromatic N) is 4. The second-order valence-corrected chi connectivity index (χ2v) is 7.64. The van der Waals surface area contributed by atoms with Gasteiger partial charge in [-0.15, -0.1) is 5.10 Å². The highest BCUT2D eigenvalue weighted by Gasteiger charge is 2.16. The number of aromatic nitrogens is 4. The van der Waals surface area contributed by atoms with Gasteiger partial charge in [-0.1, -0.05) is 28.1 Å². The molecule has 1 amide bonds. The van der Waals surface area contributed by atoms with Crippen LogP contribution in [0, 0.1) is 13.8 Å². The van der Waals surface area contributed by atoms with Crippen molar-refractivity contribution in [1.82, 2.24) is 19.2 Å². The summed E-state index contributed by atoms with van der Waals surface area (Å²) >= 11 is 3.34. The molecule has 0 aliphatic rings. The van der Waals surface area contributed by atoms with Crippen molar-refractivity contribution in [3.05, 3.63) is 80.9 Å². The minimum Gasteiger partial charge on any atom is -0.436 e. The summed E-state index contributed by atoms with van der Waals surface area (Å²) in [4.78, 5) is 29.3. The molecule has 0 saturated carbocycles. The van der Waals surface area contributed by atoms with Crippen LogP contribution < -0.4 is 15.7 Å². The highest BCUT2D eigenvalue weighted by molar-refractivity contribution is 9.10. The lowest BCUT2D eigenvalue weighted by molar-refractivity contribution is -0.117. The molecule has 0 spiro atoms. The van der Waals surface area contributed by atoms with E-state index >= 15 is 0 Å². The van der Waals surface area contributed by atoms with E-state index in [0.29, 0.717) is 11.4 Å². The molecule has 0 aliphatic heterocycles. The Morgan fingerprint density at radius 2 is 1.93 bits per heavy atom. The third kappa shape index (κ3) is 3.97. The molecule has 30 heavy (non-hydrogen) atoms. The van der Waals surface area contributed by atoms with E-state index in [2.05, 4.69) is 31.3 Å². The van der Waals surface area contributed by atoms with E-state index in [1.54, 1.807) is 12.1 Å². The molecule has 2 heterocycles. The summed E-state index contributed by atoms with van der Waals surface area (Å²) in [7, 11) is 0. The lowest BCUT2D eigenvalue weighted by atomic mass is 10.1. The molecule has 8 nitrogen and oxygen atoms in total. The van der Waals surface area contributed by atoms with Crippen LogP contribution in [0.2, 0.25) is 0 Å². The average Bonchev–Trinajstić information content (AvgIpc) is 3.04. The quantitative estimate of drug-likeness (QED) is 0.483. The monoisotopic (exact) mass is 467 g/mol. The Hall–Kier alpha value is -3.46. The molecule has 9 heteroatoms. The van der Waals surface area contributed by atoms with Gasteiger partial charge in [0.1, 0.15) is 12.3 Å². The predicted molar refractivity (Wildman–Crippen MR) is 116 cm³/mol. The Labute approximate surface area is 180 Å². The summed E-state index contributed by atoms with van der Waals surface area (Å²) in [6, 6.07) is 12.8. The number of hydrogen-bond acceptors (Lipinski definition) is 5. The minimum atomic E-state index is -0.454. The molecule has 0 fully saturated rings. The van der Waals surface area contributed by atoms with Gasteiger partial charge in [-0.05, 0) is 55.3 Å². The van der Waals surface area contributed by atoms with E-state index in [9.17, 15) is 9.59 Å². The summed E-state index contributed by atoms with van der Waals surface area (Å²) in [5, 5.41) is 7.01. The zero-order valence-electron chi connectivity index (χ0n) is 16.3. The molecule has 152 valence electrons. The highest BCUT2D eigenvalue weighted by atomic mass is 79.9. The average molecular weight is 468 g/mol. The molecule has 0 atom stereocenters. The standard InChI is InChI=1S/C21H18BrN5O3/c1-13-4-3-5-17(14(13)2)30-20-19-25-27(21(29)26(19)11-10-23-20)12-18(28)24-16-8-6-15(22)7-9-16/h3-11H,12H2,1-2H3,(H,24,28). The van der Waals surface area contributed by atoms with Crippen LogP contribution in [0.3, 0.4) is 0 Å². The predicted octanol–water partition coefficient (Wildman–Crippen LogP) is 3.70. The first-order valence-electron chi connectivity index (χ1n) is 9.16. The van der Waals surface area contributed by atoms with Gasteiger partial charge < -0.3 is 10.1 Å². The van der Waals surface area contributed by atoms with Crippen LogP contribution in [-0.2, 0) is 11.3 Å². The van der Waals surface area contributed by atoms with Crippen LogP contribution in [0.5, 0.6) is 11.6 Å². The molecule has 0 radical (unpaired) electrons. The second kappa shape index (κ2) is 8.11. The first kappa shape index (κ1) is 19.8. The van der Waals surface area contributed by atoms with Crippen molar-refractivity contribution in [2.75, 3.05) is 5.32 Å². The van der Waals surface area contributed by atoms with E-state index in [1.807, 2.05) is 44.2 Å². The van der Waals surface area contributed by atoms with Crippen molar-refractivity contribution in [1.29, 1.82) is 0 Å². The fourth-order valence-corrected chi connectivity index (χ4v) is 3.17. The first-order valence-corrected chi connectivity index (χ1v) is 9.95. The number of aryl methyl sites for hydroxylation is 1. The van der Waals surface area contributed by atoms with Crippen LogP contribution in [0.1, 0.15) is 11.1 Å². The van der Waals surface area contributed by atoms with E-state index < -0.39 is 5.69 Å². The molecular formula is C21H18BrN5O3. The topological polar surface area (TPSA) is 90.5 Å². The molecule has 0 saturated heterocycles. The summed E-state index contributed by atoms with van der Waals surface area (Å²) in [6.07, 6.45) is 2.95. The number of halogens is 1. The van der Waals surface area contributed by atoms with Crippen molar-refractivity contribution in [2.45, 2.75) is 20.4 Å². The van der Waals surface area contributed by atoms with Crippen molar-refractivity contribution < 1.29 is 9.53 Å². The highest BCUT2D eigenvalue weighted by Crippen LogP contribution is 2.27. The molecule has 4 rings (SSSR count). The van der Waals surface area contributed by atoms with E-state index in [4.69, 9.17) is 4.74 Å². The molecule has 2 aromatic heterocycles. The Kier molecular flexibility index (Phi) is 5.37. The third-order valence-corrected chi connectivity index (χ3v) is 5.18. The molecule has 1 N–H and O–H groups in total. The van der Waals surface area contributed by atoms with Gasteiger partial charge in [0.05, 0.1) is 0 Å². The number of ether oxygens (including phenoxy) is 1. The minimum absolute atomic E-state index is 0.190. The zero-order valence-corrected chi connectivity index (χ0v) is 17.9. The van der Waals surface area contributed by atoms with Gasteiger partial charge in [-0.25, -0.2) is 18.9 Å². The lowest BCUT2D eigenvalue weighted by Crippen LogP contribution is -2.28. The smallest absolute Gasteiger partial charge is 0.351 e. The van der Waals surface area contributed by atoms with Crippen LogP contribution >= 0.6 is 15.9 Å². The maximum atomic E-state index is 12.7. The molecule has 4 aromatic rings. The van der Waals surface area contributed by atoms with Crippen LogP contribution in [0.4, 0.5) is 5.69 Å². The molecule has 0 unspecified atom stereocenters. The number of amides is 1. The van der Waals surface area contributed by atoms with Crippen LogP contribution in [0.15, 0.2) is 64.1 Å². The number of nitrogens with one attached hydrogen (secondary N) is 1. The van der Waals surface area contributed by atoms with Gasteiger partial charge in [0.25, 0.3) is 5.88 Å². The molecular weight excluding hydrogens is 450 g/mol. The van der Waals surface area contributed by atoms with Gasteiger partial charge in [0, 0.05) is 22.6 Å². The number of anilines is 1. The molecule has 0 bridgehead atoms. The third-order valence-electron chi connectivity index (χ3n) is 4.65. The maximum Gasteiger partial charge on any atom is 0.351 e. The van der Waals surface area contributed by atoms with Gasteiger partial charge in [-0.3, -0.25) is 4.79 Å². The first-order chi connectivity index (χ1) is 14.4. The van der Waals surface area contributed by atoms with Crippen LogP contribution in [0.25, 0.3) is 5.65 Å².